The maximum absolute atomic E-state index is 13.4. The lowest BCUT2D eigenvalue weighted by atomic mass is 9.67. The zero-order valence-electron chi connectivity index (χ0n) is 15.6. The van der Waals surface area contributed by atoms with E-state index in [0.29, 0.717) is 12.3 Å². The van der Waals surface area contributed by atoms with Gasteiger partial charge in [0.1, 0.15) is 11.0 Å². The van der Waals surface area contributed by atoms with Crippen molar-refractivity contribution in [1.29, 1.82) is 0 Å². The van der Waals surface area contributed by atoms with Crippen LogP contribution in [0, 0.1) is 6.92 Å². The third kappa shape index (κ3) is 2.11. The van der Waals surface area contributed by atoms with E-state index >= 15 is 0 Å². The topological polar surface area (TPSA) is 56.2 Å². The van der Waals surface area contributed by atoms with Crippen molar-refractivity contribution in [3.8, 4) is 11.6 Å². The standard InChI is InChI=1S/C22H21N3O2/c1-14-18-19(25(24-14)15-9-5-4-6-10-15)27-21(2,3)13-22(18)16-11-7-8-12-17(16)23-20(22)26/h4-12H,13H2,1-3H3,(H,23,26). The number of carbonyl (C=O) groups excluding carboxylic acids is 1. The van der Waals surface area contributed by atoms with Crippen LogP contribution in [-0.4, -0.2) is 21.3 Å². The van der Waals surface area contributed by atoms with Crippen LogP contribution >= 0.6 is 0 Å². The number of rotatable bonds is 1. The lowest BCUT2D eigenvalue weighted by molar-refractivity contribution is -0.122. The van der Waals surface area contributed by atoms with Crippen LogP contribution in [-0.2, 0) is 10.2 Å². The van der Waals surface area contributed by atoms with Crippen molar-refractivity contribution in [2.45, 2.75) is 38.2 Å². The summed E-state index contributed by atoms with van der Waals surface area (Å²) >= 11 is 0. The van der Waals surface area contributed by atoms with E-state index in [0.717, 1.165) is 28.2 Å². The van der Waals surface area contributed by atoms with Crippen LogP contribution in [0.15, 0.2) is 54.6 Å². The van der Waals surface area contributed by atoms with Crippen molar-refractivity contribution in [1.82, 2.24) is 9.78 Å². The van der Waals surface area contributed by atoms with Crippen molar-refractivity contribution in [2.24, 2.45) is 0 Å². The number of benzene rings is 2. The highest BCUT2D eigenvalue weighted by atomic mass is 16.5. The molecule has 136 valence electrons. The van der Waals surface area contributed by atoms with Gasteiger partial charge in [-0.3, -0.25) is 4.79 Å². The zero-order chi connectivity index (χ0) is 18.8. The van der Waals surface area contributed by atoms with Gasteiger partial charge in [-0.15, -0.1) is 0 Å². The number of aromatic nitrogens is 2. The Hall–Kier alpha value is -3.08. The monoisotopic (exact) mass is 359 g/mol. The van der Waals surface area contributed by atoms with Gasteiger partial charge >= 0.3 is 0 Å². The first-order chi connectivity index (χ1) is 12.9. The van der Waals surface area contributed by atoms with Crippen LogP contribution in [0.2, 0.25) is 0 Å². The van der Waals surface area contributed by atoms with Gasteiger partial charge in [-0.2, -0.15) is 5.10 Å². The molecule has 5 nitrogen and oxygen atoms in total. The average molecular weight is 359 g/mol. The maximum Gasteiger partial charge on any atom is 0.240 e. The number of anilines is 1. The predicted molar refractivity (Wildman–Crippen MR) is 103 cm³/mol. The van der Waals surface area contributed by atoms with E-state index in [4.69, 9.17) is 9.84 Å². The SMILES string of the molecule is Cc1nn(-c2ccccc2)c2c1C1(CC(C)(C)O2)C(=O)Nc2ccccc21. The van der Waals surface area contributed by atoms with Gasteiger partial charge in [0.25, 0.3) is 0 Å². The number of hydrogen-bond donors (Lipinski definition) is 1. The molecule has 0 aliphatic carbocycles. The molecule has 1 aromatic heterocycles. The van der Waals surface area contributed by atoms with E-state index in [1.165, 1.54) is 0 Å². The second-order valence-electron chi connectivity index (χ2n) is 7.96. The fourth-order valence-corrected chi connectivity index (χ4v) is 4.60. The van der Waals surface area contributed by atoms with E-state index in [2.05, 4.69) is 5.32 Å². The molecular formula is C22H21N3O2. The number of nitrogens with zero attached hydrogens (tertiary/aromatic N) is 2. The maximum atomic E-state index is 13.4. The summed E-state index contributed by atoms with van der Waals surface area (Å²) in [7, 11) is 0. The quantitative estimate of drug-likeness (QED) is 0.715. The Balaban J connectivity index is 1.84. The number of aryl methyl sites for hydroxylation is 1. The minimum absolute atomic E-state index is 0.00274. The summed E-state index contributed by atoms with van der Waals surface area (Å²) in [5.74, 6) is 0.652. The zero-order valence-corrected chi connectivity index (χ0v) is 15.6. The van der Waals surface area contributed by atoms with E-state index in [9.17, 15) is 4.79 Å². The van der Waals surface area contributed by atoms with Gasteiger partial charge in [0.05, 0.1) is 16.9 Å². The Morgan fingerprint density at radius 1 is 1.07 bits per heavy atom. The fourth-order valence-electron chi connectivity index (χ4n) is 4.60. The Bertz CT molecular complexity index is 1070. The van der Waals surface area contributed by atoms with Gasteiger partial charge in [0.15, 0.2) is 0 Å². The highest BCUT2D eigenvalue weighted by molar-refractivity contribution is 6.09. The minimum Gasteiger partial charge on any atom is -0.471 e. The van der Waals surface area contributed by atoms with E-state index in [-0.39, 0.29) is 5.91 Å². The van der Waals surface area contributed by atoms with Crippen molar-refractivity contribution in [3.05, 3.63) is 71.4 Å². The van der Waals surface area contributed by atoms with Gasteiger partial charge in [-0.1, -0.05) is 36.4 Å². The molecule has 3 heterocycles. The molecule has 2 aliphatic heterocycles. The number of fused-ring (bicyclic) bond motifs is 4. The van der Waals surface area contributed by atoms with E-state index in [1.807, 2.05) is 80.1 Å². The van der Waals surface area contributed by atoms with Crippen molar-refractivity contribution >= 4 is 11.6 Å². The first-order valence-electron chi connectivity index (χ1n) is 9.18. The Morgan fingerprint density at radius 3 is 2.56 bits per heavy atom. The second kappa shape index (κ2) is 5.22. The highest BCUT2D eigenvalue weighted by Crippen LogP contribution is 2.55. The Morgan fingerprint density at radius 2 is 1.78 bits per heavy atom. The molecule has 27 heavy (non-hydrogen) atoms. The molecule has 0 saturated heterocycles. The van der Waals surface area contributed by atoms with Crippen LogP contribution in [0.1, 0.15) is 37.1 Å². The fraction of sp³-hybridized carbons (Fsp3) is 0.273. The van der Waals surface area contributed by atoms with Crippen molar-refractivity contribution in [3.63, 3.8) is 0 Å². The molecule has 1 N–H and O–H groups in total. The first-order valence-corrected chi connectivity index (χ1v) is 9.18. The molecule has 0 bridgehead atoms. The first kappa shape index (κ1) is 16.1. The summed E-state index contributed by atoms with van der Waals surface area (Å²) in [6.45, 7) is 6.02. The molecule has 2 aliphatic rings. The van der Waals surface area contributed by atoms with Crippen molar-refractivity contribution in [2.75, 3.05) is 5.32 Å². The molecule has 1 unspecified atom stereocenters. The smallest absolute Gasteiger partial charge is 0.240 e. The van der Waals surface area contributed by atoms with Gasteiger partial charge in [-0.25, -0.2) is 4.68 Å². The van der Waals surface area contributed by atoms with Gasteiger partial charge in [0.2, 0.25) is 11.8 Å². The summed E-state index contributed by atoms with van der Waals surface area (Å²) < 4.78 is 8.22. The molecule has 1 amide bonds. The third-order valence-electron chi connectivity index (χ3n) is 5.53. The molecule has 5 rings (SSSR count). The lowest BCUT2D eigenvalue weighted by Crippen LogP contribution is -2.49. The Labute approximate surface area is 158 Å². The van der Waals surface area contributed by atoms with Crippen LogP contribution in [0.3, 0.4) is 0 Å². The number of nitrogens with one attached hydrogen (secondary N) is 1. The van der Waals surface area contributed by atoms with Gasteiger partial charge < -0.3 is 10.1 Å². The number of amides is 1. The van der Waals surface area contributed by atoms with Crippen LogP contribution in [0.4, 0.5) is 5.69 Å². The molecule has 0 fully saturated rings. The molecule has 1 atom stereocenters. The number of ether oxygens (including phenoxy) is 1. The molecule has 3 aromatic rings. The highest BCUT2D eigenvalue weighted by Gasteiger charge is 2.58. The molecular weight excluding hydrogens is 338 g/mol. The van der Waals surface area contributed by atoms with Crippen LogP contribution in [0.25, 0.3) is 5.69 Å². The van der Waals surface area contributed by atoms with Crippen molar-refractivity contribution < 1.29 is 9.53 Å². The molecule has 1 spiro atoms. The summed E-state index contributed by atoms with van der Waals surface area (Å²) in [5, 5.41) is 7.85. The molecule has 0 saturated carbocycles. The van der Waals surface area contributed by atoms with E-state index in [1.54, 1.807) is 0 Å². The molecule has 0 radical (unpaired) electrons. The molecule has 2 aromatic carbocycles. The minimum atomic E-state index is -0.787. The summed E-state index contributed by atoms with van der Waals surface area (Å²) in [6, 6.07) is 17.8. The second-order valence-corrected chi connectivity index (χ2v) is 7.96. The lowest BCUT2D eigenvalue weighted by Gasteiger charge is -2.41. The van der Waals surface area contributed by atoms with E-state index < -0.39 is 11.0 Å². The summed E-state index contributed by atoms with van der Waals surface area (Å²) in [5.41, 5.74) is 3.18. The molecule has 5 heteroatoms. The van der Waals surface area contributed by atoms with Gasteiger partial charge in [-0.05, 0) is 44.5 Å². The normalized spacial score (nSPS) is 22.1. The summed E-state index contributed by atoms with van der Waals surface area (Å²) in [6.07, 6.45) is 0.567. The Kier molecular flexibility index (Phi) is 3.12. The predicted octanol–water partition coefficient (Wildman–Crippen LogP) is 3.98. The number of para-hydroxylation sites is 2. The largest absolute Gasteiger partial charge is 0.471 e. The summed E-state index contributed by atoms with van der Waals surface area (Å²) in [4.78, 5) is 13.4. The number of carbonyl (C=O) groups is 1. The van der Waals surface area contributed by atoms with Gasteiger partial charge in [0, 0.05) is 12.1 Å². The average Bonchev–Trinajstić information content (AvgIpc) is 3.10. The number of hydrogen-bond acceptors (Lipinski definition) is 3. The van der Waals surface area contributed by atoms with Crippen LogP contribution < -0.4 is 10.1 Å². The third-order valence-corrected chi connectivity index (χ3v) is 5.53. The van der Waals surface area contributed by atoms with Crippen LogP contribution in [0.5, 0.6) is 5.88 Å².